The second-order valence-corrected chi connectivity index (χ2v) is 14.0. The van der Waals surface area contributed by atoms with Gasteiger partial charge in [-0.05, 0) is 145 Å². The highest BCUT2D eigenvalue weighted by atomic mass is 16.6. The van der Waals surface area contributed by atoms with Crippen molar-refractivity contribution in [2.24, 2.45) is 0 Å². The van der Waals surface area contributed by atoms with E-state index < -0.39 is 23.4 Å². The molecule has 0 heterocycles. The Hall–Kier alpha value is -3.42. The molecule has 236 valence electrons. The predicted octanol–water partition coefficient (Wildman–Crippen LogP) is 7.95. The van der Waals surface area contributed by atoms with Crippen molar-refractivity contribution in [1.29, 1.82) is 0 Å². The summed E-state index contributed by atoms with van der Waals surface area (Å²) in [4.78, 5) is 23.7. The molecule has 1 unspecified atom stereocenters. The standard InChI is InChI=1S/2C17H26O4/c2*1-12(15(18)21-17(5,6)7)19-13-8-10-14(11-9-13)20-16(2,3)4/h2*8-12H,1-7H3/t12-;/m1./s1. The lowest BCUT2D eigenvalue weighted by atomic mass is 10.2. The number of carbonyl (C=O) groups is 2. The summed E-state index contributed by atoms with van der Waals surface area (Å²) in [7, 11) is 0. The Labute approximate surface area is 253 Å². The van der Waals surface area contributed by atoms with Crippen molar-refractivity contribution in [3.8, 4) is 23.0 Å². The van der Waals surface area contributed by atoms with Crippen LogP contribution < -0.4 is 18.9 Å². The zero-order valence-corrected chi connectivity index (χ0v) is 28.0. The Balaban J connectivity index is 0.000000420. The van der Waals surface area contributed by atoms with E-state index in [9.17, 15) is 9.59 Å². The molecule has 2 atom stereocenters. The molecule has 2 aromatic carbocycles. The van der Waals surface area contributed by atoms with Gasteiger partial charge in [-0.2, -0.15) is 0 Å². The number of esters is 2. The van der Waals surface area contributed by atoms with E-state index in [0.29, 0.717) is 11.5 Å². The summed E-state index contributed by atoms with van der Waals surface area (Å²) in [6.45, 7) is 26.3. The number of carbonyl (C=O) groups excluding carboxylic acids is 2. The quantitative estimate of drug-likeness (QED) is 0.287. The summed E-state index contributed by atoms with van der Waals surface area (Å²) in [5.74, 6) is 1.99. The van der Waals surface area contributed by atoms with Gasteiger partial charge in [-0.3, -0.25) is 0 Å². The number of ether oxygens (including phenoxy) is 6. The van der Waals surface area contributed by atoms with E-state index in [-0.39, 0.29) is 23.1 Å². The monoisotopic (exact) mass is 588 g/mol. The molecule has 8 nitrogen and oxygen atoms in total. The van der Waals surface area contributed by atoms with E-state index in [0.717, 1.165) is 11.5 Å². The maximum atomic E-state index is 11.8. The minimum absolute atomic E-state index is 0.244. The molecule has 0 saturated carbocycles. The van der Waals surface area contributed by atoms with Gasteiger partial charge in [-0.25, -0.2) is 9.59 Å². The van der Waals surface area contributed by atoms with Gasteiger partial charge >= 0.3 is 11.9 Å². The fourth-order valence-corrected chi connectivity index (χ4v) is 3.15. The molecule has 0 amide bonds. The largest absolute Gasteiger partial charge is 0.488 e. The van der Waals surface area contributed by atoms with Crippen molar-refractivity contribution in [2.75, 3.05) is 0 Å². The zero-order valence-electron chi connectivity index (χ0n) is 28.0. The van der Waals surface area contributed by atoms with Crippen LogP contribution in [0.2, 0.25) is 0 Å². The second kappa shape index (κ2) is 14.7. The van der Waals surface area contributed by atoms with Crippen molar-refractivity contribution in [1.82, 2.24) is 0 Å². The fourth-order valence-electron chi connectivity index (χ4n) is 3.15. The van der Waals surface area contributed by atoms with Crippen molar-refractivity contribution in [2.45, 2.75) is 132 Å². The van der Waals surface area contributed by atoms with Gasteiger partial charge in [0.25, 0.3) is 0 Å². The van der Waals surface area contributed by atoms with Crippen LogP contribution in [-0.4, -0.2) is 46.6 Å². The van der Waals surface area contributed by atoms with Gasteiger partial charge in [-0.15, -0.1) is 0 Å². The molecule has 8 heteroatoms. The first-order valence-corrected chi connectivity index (χ1v) is 14.3. The number of rotatable bonds is 8. The minimum Gasteiger partial charge on any atom is -0.488 e. The average Bonchev–Trinajstić information content (AvgIpc) is 2.78. The van der Waals surface area contributed by atoms with Gasteiger partial charge in [0.2, 0.25) is 0 Å². The smallest absolute Gasteiger partial charge is 0.347 e. The molecular weight excluding hydrogens is 536 g/mol. The van der Waals surface area contributed by atoms with Gasteiger partial charge in [-0.1, -0.05) is 0 Å². The molecule has 42 heavy (non-hydrogen) atoms. The highest BCUT2D eigenvalue weighted by Gasteiger charge is 2.24. The van der Waals surface area contributed by atoms with Crippen LogP contribution in [-0.2, 0) is 19.1 Å². The maximum Gasteiger partial charge on any atom is 0.347 e. The molecule has 0 aliphatic carbocycles. The molecule has 0 aliphatic heterocycles. The molecule has 0 radical (unpaired) electrons. The molecule has 0 fully saturated rings. The third-order valence-corrected chi connectivity index (χ3v) is 4.60. The molecule has 0 N–H and O–H groups in total. The van der Waals surface area contributed by atoms with E-state index >= 15 is 0 Å². The summed E-state index contributed by atoms with van der Waals surface area (Å²) in [6, 6.07) is 14.4. The summed E-state index contributed by atoms with van der Waals surface area (Å²) in [5, 5.41) is 0. The maximum absolute atomic E-state index is 11.8. The van der Waals surface area contributed by atoms with Crippen molar-refractivity contribution in [3.63, 3.8) is 0 Å². The van der Waals surface area contributed by atoms with Gasteiger partial charge < -0.3 is 28.4 Å². The Kier molecular flexibility index (Phi) is 12.8. The number of hydrogen-bond donors (Lipinski definition) is 0. The SMILES string of the molecule is CC(Oc1ccc(OC(C)(C)C)cc1)C(=O)OC(C)(C)C.C[C@@H](Oc1ccc(OC(C)(C)C)cc1)C(=O)OC(C)(C)C. The normalized spacial score (nSPS) is 13.5. The lowest BCUT2D eigenvalue weighted by molar-refractivity contribution is -0.163. The van der Waals surface area contributed by atoms with E-state index in [1.807, 2.05) is 107 Å². The first-order valence-electron chi connectivity index (χ1n) is 14.3. The van der Waals surface area contributed by atoms with Crippen molar-refractivity contribution in [3.05, 3.63) is 48.5 Å². The summed E-state index contributed by atoms with van der Waals surface area (Å²) in [5.41, 5.74) is -1.52. The van der Waals surface area contributed by atoms with Crippen LogP contribution in [0.4, 0.5) is 0 Å². The van der Waals surface area contributed by atoms with Crippen LogP contribution in [0.15, 0.2) is 48.5 Å². The molecular formula is C34H52O8. The van der Waals surface area contributed by atoms with Gasteiger partial charge in [0.15, 0.2) is 12.2 Å². The minimum atomic E-state index is -0.654. The van der Waals surface area contributed by atoms with E-state index in [4.69, 9.17) is 28.4 Å². The number of hydrogen-bond acceptors (Lipinski definition) is 8. The third kappa shape index (κ3) is 16.7. The lowest BCUT2D eigenvalue weighted by Gasteiger charge is -2.23. The third-order valence-electron chi connectivity index (χ3n) is 4.60. The molecule has 2 aromatic rings. The van der Waals surface area contributed by atoms with Crippen molar-refractivity contribution >= 4 is 11.9 Å². The molecule has 0 bridgehead atoms. The Bertz CT molecular complexity index is 1020. The molecule has 0 aromatic heterocycles. The second-order valence-electron chi connectivity index (χ2n) is 14.0. The van der Waals surface area contributed by atoms with Gasteiger partial charge in [0.05, 0.1) is 0 Å². The predicted molar refractivity (Wildman–Crippen MR) is 166 cm³/mol. The van der Waals surface area contributed by atoms with Crippen molar-refractivity contribution < 1.29 is 38.0 Å². The topological polar surface area (TPSA) is 89.5 Å². The Morgan fingerprint density at radius 3 is 0.905 bits per heavy atom. The molecule has 2 rings (SSSR count). The highest BCUT2D eigenvalue weighted by Crippen LogP contribution is 2.24. The van der Waals surface area contributed by atoms with Gasteiger partial charge in [0, 0.05) is 0 Å². The molecule has 0 aliphatic rings. The van der Waals surface area contributed by atoms with Crippen LogP contribution in [0.1, 0.15) is 96.9 Å². The Morgan fingerprint density at radius 2 is 0.690 bits per heavy atom. The Morgan fingerprint density at radius 1 is 0.452 bits per heavy atom. The first kappa shape index (κ1) is 36.6. The first-order chi connectivity index (χ1) is 18.9. The van der Waals surface area contributed by atoms with E-state index in [2.05, 4.69) is 0 Å². The van der Waals surface area contributed by atoms with Crippen LogP contribution in [0.25, 0.3) is 0 Å². The van der Waals surface area contributed by atoms with Crippen LogP contribution in [0.5, 0.6) is 23.0 Å². The average molecular weight is 589 g/mol. The van der Waals surface area contributed by atoms with Crippen LogP contribution in [0, 0.1) is 0 Å². The summed E-state index contributed by atoms with van der Waals surface area (Å²) < 4.78 is 33.2. The summed E-state index contributed by atoms with van der Waals surface area (Å²) in [6.07, 6.45) is -1.31. The van der Waals surface area contributed by atoms with Crippen LogP contribution in [0.3, 0.4) is 0 Å². The summed E-state index contributed by atoms with van der Waals surface area (Å²) >= 11 is 0. The van der Waals surface area contributed by atoms with E-state index in [1.165, 1.54) is 0 Å². The van der Waals surface area contributed by atoms with E-state index in [1.54, 1.807) is 38.1 Å². The zero-order chi connectivity index (χ0) is 32.5. The van der Waals surface area contributed by atoms with Gasteiger partial charge in [0.1, 0.15) is 45.4 Å². The molecule has 0 spiro atoms. The van der Waals surface area contributed by atoms with Crippen LogP contribution >= 0.6 is 0 Å². The number of benzene rings is 2. The fraction of sp³-hybridized carbons (Fsp3) is 0.588. The molecule has 0 saturated heterocycles. The highest BCUT2D eigenvalue weighted by molar-refractivity contribution is 5.75. The lowest BCUT2D eigenvalue weighted by Crippen LogP contribution is -2.33.